The third-order valence-corrected chi connectivity index (χ3v) is 2.90. The number of hydrogen-bond acceptors (Lipinski definition) is 3. The normalized spacial score (nSPS) is 17.4. The summed E-state index contributed by atoms with van der Waals surface area (Å²) in [5.74, 6) is -0.175. The first-order valence-corrected chi connectivity index (χ1v) is 5.47. The summed E-state index contributed by atoms with van der Waals surface area (Å²) in [5, 5.41) is 0. The van der Waals surface area contributed by atoms with Crippen molar-refractivity contribution in [2.45, 2.75) is 0 Å². The first-order chi connectivity index (χ1) is 7.81. The highest BCUT2D eigenvalue weighted by molar-refractivity contribution is 5.52. The number of rotatable bonds is 3. The standard InChI is InChI=1S/C12H15FN2O/c13-11-3-1-2-4-12(11)15-7-5-14(6-8-15)9-10-16/h1-4,10H,5-9H2. The Labute approximate surface area is 94.5 Å². The Balaban J connectivity index is 1.99. The third-order valence-electron chi connectivity index (χ3n) is 2.90. The molecule has 3 nitrogen and oxygen atoms in total. The molecule has 4 heteroatoms. The molecule has 0 bridgehead atoms. The van der Waals surface area contributed by atoms with Crippen molar-refractivity contribution in [1.82, 2.24) is 4.90 Å². The van der Waals surface area contributed by atoms with Crippen LogP contribution in [-0.2, 0) is 4.79 Å². The van der Waals surface area contributed by atoms with E-state index in [0.717, 1.165) is 32.5 Å². The Bertz CT molecular complexity index is 362. The van der Waals surface area contributed by atoms with E-state index in [1.165, 1.54) is 6.07 Å². The minimum Gasteiger partial charge on any atom is -0.367 e. The molecule has 1 heterocycles. The first-order valence-electron chi connectivity index (χ1n) is 5.47. The van der Waals surface area contributed by atoms with Gasteiger partial charge in [-0.15, -0.1) is 0 Å². The molecule has 0 spiro atoms. The molecule has 1 aliphatic heterocycles. The minimum absolute atomic E-state index is 0.175. The summed E-state index contributed by atoms with van der Waals surface area (Å²) in [6, 6.07) is 6.82. The average molecular weight is 222 g/mol. The molecule has 0 saturated carbocycles. The third kappa shape index (κ3) is 2.39. The molecule has 1 fully saturated rings. The van der Waals surface area contributed by atoms with Crippen molar-refractivity contribution in [2.24, 2.45) is 0 Å². The Morgan fingerprint density at radius 3 is 2.50 bits per heavy atom. The summed E-state index contributed by atoms with van der Waals surface area (Å²) in [6.07, 6.45) is 0.915. The molecule has 1 aromatic carbocycles. The highest BCUT2D eigenvalue weighted by Crippen LogP contribution is 2.19. The molecular formula is C12H15FN2O. The highest BCUT2D eigenvalue weighted by atomic mass is 19.1. The predicted octanol–water partition coefficient (Wildman–Crippen LogP) is 1.15. The molecule has 86 valence electrons. The van der Waals surface area contributed by atoms with Gasteiger partial charge in [-0.25, -0.2) is 4.39 Å². The van der Waals surface area contributed by atoms with Crippen molar-refractivity contribution in [3.05, 3.63) is 30.1 Å². The molecule has 0 aliphatic carbocycles. The lowest BCUT2D eigenvalue weighted by atomic mass is 10.2. The Morgan fingerprint density at radius 1 is 1.19 bits per heavy atom. The highest BCUT2D eigenvalue weighted by Gasteiger charge is 2.18. The first kappa shape index (κ1) is 11.1. The number of para-hydroxylation sites is 1. The monoisotopic (exact) mass is 222 g/mol. The van der Waals surface area contributed by atoms with Crippen LogP contribution in [-0.4, -0.2) is 43.9 Å². The fourth-order valence-corrected chi connectivity index (χ4v) is 1.98. The van der Waals surface area contributed by atoms with Crippen LogP contribution in [0.4, 0.5) is 10.1 Å². The van der Waals surface area contributed by atoms with Crippen molar-refractivity contribution < 1.29 is 9.18 Å². The lowest BCUT2D eigenvalue weighted by Crippen LogP contribution is -2.47. The van der Waals surface area contributed by atoms with Gasteiger partial charge in [-0.3, -0.25) is 4.90 Å². The van der Waals surface area contributed by atoms with Crippen LogP contribution in [0.5, 0.6) is 0 Å². The smallest absolute Gasteiger partial charge is 0.146 e. The number of aldehydes is 1. The number of benzene rings is 1. The van der Waals surface area contributed by atoms with Gasteiger partial charge in [0.05, 0.1) is 12.2 Å². The summed E-state index contributed by atoms with van der Waals surface area (Å²) < 4.78 is 13.5. The van der Waals surface area contributed by atoms with Crippen molar-refractivity contribution >= 4 is 12.0 Å². The minimum atomic E-state index is -0.175. The van der Waals surface area contributed by atoms with E-state index in [0.29, 0.717) is 12.2 Å². The van der Waals surface area contributed by atoms with Crippen LogP contribution in [0.3, 0.4) is 0 Å². The zero-order valence-corrected chi connectivity index (χ0v) is 9.10. The lowest BCUT2D eigenvalue weighted by Gasteiger charge is -2.35. The topological polar surface area (TPSA) is 23.6 Å². The van der Waals surface area contributed by atoms with Crippen LogP contribution < -0.4 is 4.90 Å². The molecule has 0 amide bonds. The van der Waals surface area contributed by atoms with Crippen LogP contribution in [0.2, 0.25) is 0 Å². The van der Waals surface area contributed by atoms with Gasteiger partial charge >= 0.3 is 0 Å². The van der Waals surface area contributed by atoms with Crippen LogP contribution in [0.25, 0.3) is 0 Å². The zero-order valence-electron chi connectivity index (χ0n) is 9.10. The van der Waals surface area contributed by atoms with Gasteiger partial charge in [0.2, 0.25) is 0 Å². The Hall–Kier alpha value is -1.42. The molecule has 2 rings (SSSR count). The Kier molecular flexibility index (Phi) is 3.51. The van der Waals surface area contributed by atoms with Crippen LogP contribution in [0.1, 0.15) is 0 Å². The molecule has 0 radical (unpaired) electrons. The quantitative estimate of drug-likeness (QED) is 0.717. The van der Waals surface area contributed by atoms with Gasteiger partial charge in [0, 0.05) is 26.2 Å². The summed E-state index contributed by atoms with van der Waals surface area (Å²) >= 11 is 0. The molecule has 0 N–H and O–H groups in total. The number of piperazine rings is 1. The van der Waals surface area contributed by atoms with E-state index < -0.39 is 0 Å². The Morgan fingerprint density at radius 2 is 1.88 bits per heavy atom. The van der Waals surface area contributed by atoms with Gasteiger partial charge in [0.1, 0.15) is 12.1 Å². The van der Waals surface area contributed by atoms with Gasteiger partial charge in [0.25, 0.3) is 0 Å². The second-order valence-corrected chi connectivity index (χ2v) is 3.91. The largest absolute Gasteiger partial charge is 0.367 e. The fourth-order valence-electron chi connectivity index (χ4n) is 1.98. The molecule has 16 heavy (non-hydrogen) atoms. The van der Waals surface area contributed by atoms with E-state index in [-0.39, 0.29) is 5.82 Å². The zero-order chi connectivity index (χ0) is 11.4. The van der Waals surface area contributed by atoms with Gasteiger partial charge < -0.3 is 9.69 Å². The summed E-state index contributed by atoms with van der Waals surface area (Å²) in [7, 11) is 0. The maximum Gasteiger partial charge on any atom is 0.146 e. The molecule has 1 aliphatic rings. The lowest BCUT2D eigenvalue weighted by molar-refractivity contribution is -0.108. The van der Waals surface area contributed by atoms with Gasteiger partial charge in [-0.05, 0) is 12.1 Å². The summed E-state index contributed by atoms with van der Waals surface area (Å²) in [4.78, 5) is 14.5. The molecule has 1 aromatic rings. The second kappa shape index (κ2) is 5.07. The van der Waals surface area contributed by atoms with Crippen molar-refractivity contribution in [3.63, 3.8) is 0 Å². The number of halogens is 1. The number of carbonyl (C=O) groups is 1. The van der Waals surface area contributed by atoms with Crippen LogP contribution >= 0.6 is 0 Å². The molecule has 0 atom stereocenters. The van der Waals surface area contributed by atoms with Crippen molar-refractivity contribution in [1.29, 1.82) is 0 Å². The second-order valence-electron chi connectivity index (χ2n) is 3.91. The maximum absolute atomic E-state index is 13.5. The van der Waals surface area contributed by atoms with Gasteiger partial charge in [-0.2, -0.15) is 0 Å². The van der Waals surface area contributed by atoms with E-state index in [4.69, 9.17) is 0 Å². The predicted molar refractivity (Wildman–Crippen MR) is 61.1 cm³/mol. The summed E-state index contributed by atoms with van der Waals surface area (Å²) in [6.45, 7) is 3.65. The molecule has 0 unspecified atom stereocenters. The van der Waals surface area contributed by atoms with E-state index in [1.54, 1.807) is 12.1 Å². The SMILES string of the molecule is O=CCN1CCN(c2ccccc2F)CC1. The number of anilines is 1. The molecular weight excluding hydrogens is 207 g/mol. The van der Waals surface area contributed by atoms with E-state index in [9.17, 15) is 9.18 Å². The average Bonchev–Trinajstić information content (AvgIpc) is 2.31. The maximum atomic E-state index is 13.5. The van der Waals surface area contributed by atoms with E-state index >= 15 is 0 Å². The summed E-state index contributed by atoms with van der Waals surface area (Å²) in [5.41, 5.74) is 0.660. The van der Waals surface area contributed by atoms with Crippen LogP contribution in [0, 0.1) is 5.82 Å². The molecule has 1 saturated heterocycles. The van der Waals surface area contributed by atoms with Crippen molar-refractivity contribution in [3.8, 4) is 0 Å². The molecule has 0 aromatic heterocycles. The van der Waals surface area contributed by atoms with Gasteiger partial charge in [0.15, 0.2) is 0 Å². The van der Waals surface area contributed by atoms with E-state index in [2.05, 4.69) is 4.90 Å². The van der Waals surface area contributed by atoms with Gasteiger partial charge in [-0.1, -0.05) is 12.1 Å². The number of hydrogen-bond donors (Lipinski definition) is 0. The fraction of sp³-hybridized carbons (Fsp3) is 0.417. The van der Waals surface area contributed by atoms with Crippen LogP contribution in [0.15, 0.2) is 24.3 Å². The van der Waals surface area contributed by atoms with Crippen molar-refractivity contribution in [2.75, 3.05) is 37.6 Å². The van der Waals surface area contributed by atoms with E-state index in [1.807, 2.05) is 11.0 Å². The number of carbonyl (C=O) groups excluding carboxylic acids is 1. The number of nitrogens with zero attached hydrogens (tertiary/aromatic N) is 2.